The van der Waals surface area contributed by atoms with Gasteiger partial charge in [-0.2, -0.15) is 0 Å². The molecule has 0 aliphatic carbocycles. The molecule has 0 aromatic carbocycles. The van der Waals surface area contributed by atoms with Gasteiger partial charge in [-0.15, -0.1) is 0 Å². The predicted octanol–water partition coefficient (Wildman–Crippen LogP) is 2.33. The maximum Gasteiger partial charge on any atom is 0.0642 e. The van der Waals surface area contributed by atoms with E-state index < -0.39 is 0 Å². The van der Waals surface area contributed by atoms with Crippen LogP contribution in [0, 0.1) is 0 Å². The molecule has 0 bridgehead atoms. The van der Waals surface area contributed by atoms with Crippen molar-refractivity contribution < 1.29 is 9.84 Å². The summed E-state index contributed by atoms with van der Waals surface area (Å²) in [4.78, 5) is 0. The maximum atomic E-state index is 9.06. The highest BCUT2D eigenvalue weighted by atomic mass is 16.5. The fourth-order valence-corrected chi connectivity index (χ4v) is 2.12. The van der Waals surface area contributed by atoms with Crippen molar-refractivity contribution >= 4 is 0 Å². The number of aliphatic hydroxyl groups is 1. The minimum atomic E-state index is -0.102. The highest BCUT2D eigenvalue weighted by Crippen LogP contribution is 2.13. The zero-order chi connectivity index (χ0) is 12.4. The molecule has 0 heterocycles. The molecule has 2 atom stereocenters. The van der Waals surface area contributed by atoms with Gasteiger partial charge < -0.3 is 15.2 Å². The molecular weight excluding hydrogens is 202 g/mol. The van der Waals surface area contributed by atoms with Crippen LogP contribution in [0.25, 0.3) is 0 Å². The Morgan fingerprint density at radius 3 is 2.56 bits per heavy atom. The Morgan fingerprint density at radius 2 is 2.06 bits per heavy atom. The van der Waals surface area contributed by atoms with Crippen LogP contribution < -0.4 is 5.32 Å². The highest BCUT2D eigenvalue weighted by Gasteiger charge is 2.24. The van der Waals surface area contributed by atoms with Gasteiger partial charge in [-0.25, -0.2) is 0 Å². The third-order valence-electron chi connectivity index (χ3n) is 2.96. The number of ether oxygens (including phenoxy) is 1. The summed E-state index contributed by atoms with van der Waals surface area (Å²) >= 11 is 0. The van der Waals surface area contributed by atoms with Crippen LogP contribution >= 0.6 is 0 Å². The molecule has 0 fully saturated rings. The first kappa shape index (κ1) is 15.9. The third-order valence-corrected chi connectivity index (χ3v) is 2.96. The standard InChI is InChI=1S/C13H29NO2/c1-5-6-7-8-12(2)14-13(3,9-10-15)11-16-4/h12,14-15H,5-11H2,1-4H3. The Morgan fingerprint density at radius 1 is 1.38 bits per heavy atom. The van der Waals surface area contributed by atoms with E-state index in [1.807, 2.05) is 0 Å². The van der Waals surface area contributed by atoms with Gasteiger partial charge in [0.05, 0.1) is 6.61 Å². The molecular formula is C13H29NO2. The second-order valence-corrected chi connectivity index (χ2v) is 5.01. The van der Waals surface area contributed by atoms with Crippen LogP contribution in [0.1, 0.15) is 52.9 Å². The van der Waals surface area contributed by atoms with Gasteiger partial charge in [0.15, 0.2) is 0 Å². The van der Waals surface area contributed by atoms with Crippen LogP contribution in [0.2, 0.25) is 0 Å². The van der Waals surface area contributed by atoms with Crippen LogP contribution in [-0.2, 0) is 4.74 Å². The molecule has 0 aromatic rings. The van der Waals surface area contributed by atoms with Gasteiger partial charge in [0.1, 0.15) is 0 Å². The second-order valence-electron chi connectivity index (χ2n) is 5.01. The number of rotatable bonds is 10. The minimum absolute atomic E-state index is 0.102. The number of methoxy groups -OCH3 is 1. The Bertz CT molecular complexity index is 156. The number of hydrogen-bond acceptors (Lipinski definition) is 3. The summed E-state index contributed by atoms with van der Waals surface area (Å²) < 4.78 is 5.21. The molecule has 0 aliphatic rings. The molecule has 2 unspecified atom stereocenters. The zero-order valence-corrected chi connectivity index (χ0v) is 11.4. The van der Waals surface area contributed by atoms with Crippen LogP contribution in [-0.4, -0.2) is 37.0 Å². The first-order valence-corrected chi connectivity index (χ1v) is 6.45. The Hall–Kier alpha value is -0.120. The normalized spacial score (nSPS) is 17.1. The molecule has 0 spiro atoms. The zero-order valence-electron chi connectivity index (χ0n) is 11.4. The van der Waals surface area contributed by atoms with Gasteiger partial charge in [-0.05, 0) is 26.7 Å². The fourth-order valence-electron chi connectivity index (χ4n) is 2.12. The van der Waals surface area contributed by atoms with Gasteiger partial charge in [0.2, 0.25) is 0 Å². The van der Waals surface area contributed by atoms with E-state index in [-0.39, 0.29) is 12.1 Å². The number of unbranched alkanes of at least 4 members (excludes halogenated alkanes) is 2. The average Bonchev–Trinajstić information content (AvgIpc) is 2.18. The van der Waals surface area contributed by atoms with E-state index in [1.54, 1.807) is 7.11 Å². The molecule has 0 saturated heterocycles. The molecule has 0 amide bonds. The Kier molecular flexibility index (Phi) is 8.90. The number of hydrogen-bond donors (Lipinski definition) is 2. The second kappa shape index (κ2) is 8.97. The van der Waals surface area contributed by atoms with Crippen molar-refractivity contribution in [1.82, 2.24) is 5.32 Å². The van der Waals surface area contributed by atoms with Crippen molar-refractivity contribution in [2.45, 2.75) is 64.5 Å². The van der Waals surface area contributed by atoms with Crippen LogP contribution in [0.3, 0.4) is 0 Å². The van der Waals surface area contributed by atoms with E-state index in [4.69, 9.17) is 9.84 Å². The van der Waals surface area contributed by atoms with Gasteiger partial charge in [0, 0.05) is 25.3 Å². The van der Waals surface area contributed by atoms with Crippen molar-refractivity contribution in [1.29, 1.82) is 0 Å². The molecule has 0 radical (unpaired) electrons. The topological polar surface area (TPSA) is 41.5 Å². The summed E-state index contributed by atoms with van der Waals surface area (Å²) in [6.45, 7) is 7.39. The number of aliphatic hydroxyl groups excluding tert-OH is 1. The summed E-state index contributed by atoms with van der Waals surface area (Å²) in [6, 6.07) is 0.484. The van der Waals surface area contributed by atoms with Crippen molar-refractivity contribution in [2.24, 2.45) is 0 Å². The summed E-state index contributed by atoms with van der Waals surface area (Å²) in [5.74, 6) is 0. The fraction of sp³-hybridized carbons (Fsp3) is 1.00. The Balaban J connectivity index is 3.96. The van der Waals surface area contributed by atoms with E-state index in [2.05, 4.69) is 26.1 Å². The first-order valence-electron chi connectivity index (χ1n) is 6.45. The van der Waals surface area contributed by atoms with Gasteiger partial charge in [0.25, 0.3) is 0 Å². The lowest BCUT2D eigenvalue weighted by Crippen LogP contribution is -2.51. The summed E-state index contributed by atoms with van der Waals surface area (Å²) in [6.07, 6.45) is 5.76. The summed E-state index contributed by atoms with van der Waals surface area (Å²) in [7, 11) is 1.71. The van der Waals surface area contributed by atoms with E-state index in [0.717, 1.165) is 6.42 Å². The summed E-state index contributed by atoms with van der Waals surface area (Å²) in [5.41, 5.74) is -0.102. The monoisotopic (exact) mass is 231 g/mol. The number of nitrogens with one attached hydrogen (secondary N) is 1. The van der Waals surface area contributed by atoms with E-state index in [9.17, 15) is 0 Å². The molecule has 98 valence electrons. The molecule has 0 aliphatic heterocycles. The predicted molar refractivity (Wildman–Crippen MR) is 68.7 cm³/mol. The van der Waals surface area contributed by atoms with Crippen molar-refractivity contribution in [2.75, 3.05) is 20.3 Å². The van der Waals surface area contributed by atoms with E-state index in [0.29, 0.717) is 12.6 Å². The van der Waals surface area contributed by atoms with E-state index in [1.165, 1.54) is 25.7 Å². The first-order chi connectivity index (χ1) is 7.58. The lowest BCUT2D eigenvalue weighted by atomic mass is 9.97. The van der Waals surface area contributed by atoms with Crippen LogP contribution in [0.5, 0.6) is 0 Å². The molecule has 3 nitrogen and oxygen atoms in total. The summed E-state index contributed by atoms with van der Waals surface area (Å²) in [5, 5.41) is 12.6. The minimum Gasteiger partial charge on any atom is -0.396 e. The third kappa shape index (κ3) is 7.20. The van der Waals surface area contributed by atoms with Crippen LogP contribution in [0.15, 0.2) is 0 Å². The maximum absolute atomic E-state index is 9.06. The van der Waals surface area contributed by atoms with Crippen molar-refractivity contribution in [3.63, 3.8) is 0 Å². The van der Waals surface area contributed by atoms with Crippen molar-refractivity contribution in [3.05, 3.63) is 0 Å². The van der Waals surface area contributed by atoms with Crippen molar-refractivity contribution in [3.8, 4) is 0 Å². The quantitative estimate of drug-likeness (QED) is 0.567. The smallest absolute Gasteiger partial charge is 0.0642 e. The molecule has 16 heavy (non-hydrogen) atoms. The molecule has 2 N–H and O–H groups in total. The Labute approximate surface area is 101 Å². The molecule has 3 heteroatoms. The average molecular weight is 231 g/mol. The van der Waals surface area contributed by atoms with Gasteiger partial charge >= 0.3 is 0 Å². The molecule has 0 rings (SSSR count). The lowest BCUT2D eigenvalue weighted by Gasteiger charge is -2.33. The lowest BCUT2D eigenvalue weighted by molar-refractivity contribution is 0.0902. The SMILES string of the molecule is CCCCCC(C)NC(C)(CCO)COC. The van der Waals surface area contributed by atoms with Gasteiger partial charge in [-0.1, -0.05) is 26.2 Å². The van der Waals surface area contributed by atoms with Crippen LogP contribution in [0.4, 0.5) is 0 Å². The molecule has 0 aromatic heterocycles. The van der Waals surface area contributed by atoms with E-state index >= 15 is 0 Å². The molecule has 0 saturated carbocycles. The van der Waals surface area contributed by atoms with Gasteiger partial charge in [-0.3, -0.25) is 0 Å². The highest BCUT2D eigenvalue weighted by molar-refractivity contribution is 4.85. The largest absolute Gasteiger partial charge is 0.396 e.